The quantitative estimate of drug-likeness (QED) is 0.188. The van der Waals surface area contributed by atoms with E-state index >= 15 is 0 Å². The first-order valence-electron chi connectivity index (χ1n) is 18.2. The molecular formula is C48H31N3O. The Morgan fingerprint density at radius 3 is 2.37 bits per heavy atom. The van der Waals surface area contributed by atoms with Crippen LogP contribution in [0.2, 0.25) is 0 Å². The molecule has 0 amide bonds. The molecular weight excluding hydrogens is 635 g/mol. The molecule has 0 saturated carbocycles. The van der Waals surface area contributed by atoms with Crippen LogP contribution in [0.5, 0.6) is 5.75 Å². The van der Waals surface area contributed by atoms with Gasteiger partial charge in [0.15, 0.2) is 17.5 Å². The van der Waals surface area contributed by atoms with Crippen LogP contribution in [-0.4, -0.2) is 21.1 Å². The molecule has 4 aliphatic carbocycles. The average Bonchev–Trinajstić information content (AvgIpc) is 3.84. The normalized spacial score (nSPS) is 20.9. The molecule has 6 aromatic carbocycles. The molecule has 4 nitrogen and oxygen atoms in total. The summed E-state index contributed by atoms with van der Waals surface area (Å²) in [5.74, 6) is 3.05. The summed E-state index contributed by atoms with van der Waals surface area (Å²) in [5, 5.41) is 2.71. The van der Waals surface area contributed by atoms with Crippen molar-refractivity contribution in [3.63, 3.8) is 0 Å². The van der Waals surface area contributed by atoms with E-state index in [2.05, 4.69) is 127 Å². The van der Waals surface area contributed by atoms with Crippen molar-refractivity contribution in [2.24, 2.45) is 0 Å². The summed E-state index contributed by atoms with van der Waals surface area (Å²) >= 11 is 0. The zero-order valence-corrected chi connectivity index (χ0v) is 28.3. The van der Waals surface area contributed by atoms with Crippen molar-refractivity contribution >= 4 is 21.9 Å². The second-order valence-electron chi connectivity index (χ2n) is 14.5. The maximum atomic E-state index is 6.28. The maximum Gasteiger partial charge on any atom is 0.164 e. The van der Waals surface area contributed by atoms with Crippen molar-refractivity contribution in [3.8, 4) is 39.7 Å². The minimum absolute atomic E-state index is 0.0276. The predicted octanol–water partition coefficient (Wildman–Crippen LogP) is 10.5. The summed E-state index contributed by atoms with van der Waals surface area (Å²) in [4.78, 5) is 15.6. The van der Waals surface area contributed by atoms with Gasteiger partial charge in [-0.1, -0.05) is 133 Å². The Hall–Kier alpha value is -6.39. The van der Waals surface area contributed by atoms with Crippen LogP contribution in [0.1, 0.15) is 51.5 Å². The van der Waals surface area contributed by atoms with Crippen LogP contribution in [0, 0.1) is 0 Å². The number of hydrogen-bond donors (Lipinski definition) is 0. The highest BCUT2D eigenvalue weighted by Gasteiger charge is 2.53. The molecule has 1 spiro atoms. The van der Waals surface area contributed by atoms with E-state index in [1.165, 1.54) is 60.9 Å². The van der Waals surface area contributed by atoms with E-state index < -0.39 is 5.41 Å². The number of hydrogen-bond acceptors (Lipinski definition) is 4. The fourth-order valence-corrected chi connectivity index (χ4v) is 9.76. The average molecular weight is 666 g/mol. The Labute approximate surface area is 301 Å². The van der Waals surface area contributed by atoms with E-state index in [4.69, 9.17) is 19.7 Å². The fraction of sp³-hybridized carbons (Fsp3) is 0.104. The zero-order chi connectivity index (χ0) is 34.0. The molecule has 0 bridgehead atoms. The van der Waals surface area contributed by atoms with E-state index in [9.17, 15) is 0 Å². The molecule has 1 aliphatic heterocycles. The van der Waals surface area contributed by atoms with Crippen LogP contribution in [-0.2, 0) is 11.8 Å². The third-order valence-electron chi connectivity index (χ3n) is 11.9. The van der Waals surface area contributed by atoms with Crippen molar-refractivity contribution in [2.75, 3.05) is 0 Å². The van der Waals surface area contributed by atoms with Crippen LogP contribution in [0.3, 0.4) is 0 Å². The van der Waals surface area contributed by atoms with Crippen molar-refractivity contribution in [2.45, 2.75) is 30.3 Å². The molecule has 7 aromatic rings. The topological polar surface area (TPSA) is 47.9 Å². The highest BCUT2D eigenvalue weighted by Crippen LogP contribution is 2.65. The van der Waals surface area contributed by atoms with Gasteiger partial charge in [-0.05, 0) is 86.3 Å². The van der Waals surface area contributed by atoms with Crippen LogP contribution in [0.25, 0.3) is 55.8 Å². The van der Waals surface area contributed by atoms with Crippen molar-refractivity contribution in [1.29, 1.82) is 0 Å². The summed E-state index contributed by atoms with van der Waals surface area (Å²) in [7, 11) is 0. The molecule has 5 aliphatic rings. The van der Waals surface area contributed by atoms with Gasteiger partial charge in [0.05, 0.1) is 5.41 Å². The number of allylic oxidation sites excluding steroid dienone is 4. The Morgan fingerprint density at radius 1 is 0.635 bits per heavy atom. The number of aryl methyl sites for hydroxylation is 1. The van der Waals surface area contributed by atoms with Gasteiger partial charge in [0.2, 0.25) is 0 Å². The molecule has 0 N–H and O–H groups in total. The largest absolute Gasteiger partial charge is 0.485 e. The number of nitrogens with zero attached hydrogens (tertiary/aromatic N) is 3. The molecule has 4 heteroatoms. The molecule has 2 heterocycles. The third kappa shape index (κ3) is 3.68. The molecule has 0 saturated heterocycles. The molecule has 244 valence electrons. The summed E-state index contributed by atoms with van der Waals surface area (Å²) in [6, 6.07) is 46.0. The molecule has 0 fully saturated rings. The molecule has 0 radical (unpaired) electrons. The monoisotopic (exact) mass is 665 g/mol. The number of benzene rings is 6. The molecule has 3 unspecified atom stereocenters. The van der Waals surface area contributed by atoms with Crippen LogP contribution in [0.15, 0.2) is 152 Å². The van der Waals surface area contributed by atoms with Crippen LogP contribution < -0.4 is 4.74 Å². The number of ether oxygens (including phenoxy) is 1. The van der Waals surface area contributed by atoms with Gasteiger partial charge < -0.3 is 4.74 Å². The van der Waals surface area contributed by atoms with Gasteiger partial charge in [-0.2, -0.15) is 0 Å². The van der Waals surface area contributed by atoms with Crippen molar-refractivity contribution in [1.82, 2.24) is 15.0 Å². The van der Waals surface area contributed by atoms with Crippen molar-refractivity contribution < 1.29 is 4.74 Å². The summed E-state index contributed by atoms with van der Waals surface area (Å²) in [6.07, 6.45) is 11.1. The van der Waals surface area contributed by atoms with E-state index in [-0.39, 0.29) is 12.0 Å². The smallest absolute Gasteiger partial charge is 0.164 e. The first kappa shape index (κ1) is 28.3. The standard InChI is InChI=1S/C48H31N3O/c1-2-10-30(11-3-1)45-49-46(31-23-25-42-36(26-31)35-15-5-7-19-41(35)52-42)51-47(50-45)32-22-24-34-33-14-4-6-16-37(33)48(40(34)27-32)38-17-8-12-28-20-21-29-13-9-18-39(48)44(29)43(28)38/h1-8,10-12,14-27,36,42H,9,13H2. The summed E-state index contributed by atoms with van der Waals surface area (Å²) < 4.78 is 6.28. The minimum atomic E-state index is -0.405. The van der Waals surface area contributed by atoms with Gasteiger partial charge >= 0.3 is 0 Å². The Kier molecular flexibility index (Phi) is 5.63. The van der Waals surface area contributed by atoms with Gasteiger partial charge in [0.1, 0.15) is 11.9 Å². The minimum Gasteiger partial charge on any atom is -0.485 e. The summed E-state index contributed by atoms with van der Waals surface area (Å²) in [5.41, 5.74) is 14.7. The van der Waals surface area contributed by atoms with E-state index in [1.807, 2.05) is 24.3 Å². The number of para-hydroxylation sites is 1. The maximum absolute atomic E-state index is 6.28. The van der Waals surface area contributed by atoms with Gasteiger partial charge in [0.25, 0.3) is 0 Å². The lowest BCUT2D eigenvalue weighted by Crippen LogP contribution is -2.26. The van der Waals surface area contributed by atoms with Gasteiger partial charge in [-0.25, -0.2) is 15.0 Å². The molecule has 52 heavy (non-hydrogen) atoms. The predicted molar refractivity (Wildman–Crippen MR) is 207 cm³/mol. The second kappa shape index (κ2) is 10.3. The van der Waals surface area contributed by atoms with E-state index in [0.717, 1.165) is 35.3 Å². The van der Waals surface area contributed by atoms with Crippen molar-refractivity contribution in [3.05, 3.63) is 191 Å². The number of aromatic nitrogens is 3. The highest BCUT2D eigenvalue weighted by atomic mass is 16.5. The van der Waals surface area contributed by atoms with E-state index in [1.54, 1.807) is 0 Å². The first-order chi connectivity index (χ1) is 25.8. The van der Waals surface area contributed by atoms with E-state index in [0.29, 0.717) is 17.5 Å². The first-order valence-corrected chi connectivity index (χ1v) is 18.2. The second-order valence-corrected chi connectivity index (χ2v) is 14.5. The SMILES string of the molecule is C1=CC2Oc3ccccc3C2C=C1c1nc(-c2ccccc2)nc(-c2ccc3c(c2)C2(C4=CCCc5ccc6cccc2c6c54)c2ccccc2-3)n1. The fourth-order valence-electron chi connectivity index (χ4n) is 9.76. The lowest BCUT2D eigenvalue weighted by molar-refractivity contribution is 0.269. The Bertz CT molecular complexity index is 2790. The van der Waals surface area contributed by atoms with Gasteiger partial charge in [-0.3, -0.25) is 0 Å². The highest BCUT2D eigenvalue weighted by molar-refractivity contribution is 6.12. The Morgan fingerprint density at radius 2 is 1.42 bits per heavy atom. The third-order valence-corrected chi connectivity index (χ3v) is 11.9. The summed E-state index contributed by atoms with van der Waals surface area (Å²) in [6.45, 7) is 0. The lowest BCUT2D eigenvalue weighted by Gasteiger charge is -2.33. The molecule has 3 atom stereocenters. The van der Waals surface area contributed by atoms with Gasteiger partial charge in [-0.15, -0.1) is 0 Å². The number of rotatable bonds is 3. The van der Waals surface area contributed by atoms with Crippen LogP contribution in [0.4, 0.5) is 0 Å². The van der Waals surface area contributed by atoms with Crippen LogP contribution >= 0.6 is 0 Å². The molecule has 1 aromatic heterocycles. The lowest BCUT2D eigenvalue weighted by atomic mass is 9.68. The zero-order valence-electron chi connectivity index (χ0n) is 28.3. The molecule has 12 rings (SSSR count). The number of fused-ring (bicyclic) bond motifs is 10. The Balaban J connectivity index is 1.08. The van der Waals surface area contributed by atoms with Gasteiger partial charge in [0, 0.05) is 28.2 Å².